The highest BCUT2D eigenvalue weighted by atomic mass is 16.5. The summed E-state index contributed by atoms with van der Waals surface area (Å²) >= 11 is 0. The van der Waals surface area contributed by atoms with Crippen LogP contribution in [0.5, 0.6) is 5.75 Å². The summed E-state index contributed by atoms with van der Waals surface area (Å²) in [6.07, 6.45) is 8.94. The first-order chi connectivity index (χ1) is 72.0. The van der Waals surface area contributed by atoms with Gasteiger partial charge in [-0.05, 0) is 210 Å². The Labute approximate surface area is 855 Å². The second-order valence-corrected chi connectivity index (χ2v) is 34.7. The van der Waals surface area contributed by atoms with Gasteiger partial charge in [-0.1, -0.05) is 194 Å². The number of anilines is 12. The Morgan fingerprint density at radius 3 is 1.01 bits per heavy atom. The Hall–Kier alpha value is -19.4. The molecule has 2 aliphatic rings. The van der Waals surface area contributed by atoms with Gasteiger partial charge in [0.15, 0.2) is 5.78 Å². The molecule has 19 rings (SSSR count). The molecule has 1 aliphatic heterocycles. The maximum Gasteiger partial charge on any atom is 0.254 e. The van der Waals surface area contributed by atoms with Crippen LogP contribution < -0.4 is 57.9 Å². The summed E-state index contributed by atoms with van der Waals surface area (Å²) in [4.78, 5) is 149. The molecular formula is C118H106N20O10. The van der Waals surface area contributed by atoms with Gasteiger partial charge >= 0.3 is 0 Å². The van der Waals surface area contributed by atoms with Gasteiger partial charge in [0.05, 0.1) is 29.9 Å². The van der Waals surface area contributed by atoms with E-state index in [4.69, 9.17) is 4.74 Å². The molecule has 1 fully saturated rings. The first-order valence-corrected chi connectivity index (χ1v) is 48.0. The average molecular weight is 1960 g/mol. The lowest BCUT2D eigenvalue weighted by molar-refractivity contribution is -0.115. The smallest absolute Gasteiger partial charge is 0.254 e. The fraction of sp³-hybridized carbons (Fsp3) is 0.127. The number of hydrogen-bond acceptors (Lipinski definition) is 22. The summed E-state index contributed by atoms with van der Waals surface area (Å²) in [5.74, 6) is 1.70. The fourth-order valence-corrected chi connectivity index (χ4v) is 16.6. The van der Waals surface area contributed by atoms with Gasteiger partial charge in [-0.2, -0.15) is 0 Å². The van der Waals surface area contributed by atoms with E-state index in [1.165, 1.54) is 38.8 Å². The Morgan fingerprint density at radius 1 is 0.304 bits per heavy atom. The highest BCUT2D eigenvalue weighted by Crippen LogP contribution is 2.34. The van der Waals surface area contributed by atoms with Crippen LogP contribution >= 0.6 is 0 Å². The third kappa shape index (κ3) is 28.7. The van der Waals surface area contributed by atoms with Crippen molar-refractivity contribution in [2.75, 3.05) is 82.4 Å². The summed E-state index contributed by atoms with van der Waals surface area (Å²) in [5.41, 5.74) is 22.1. The zero-order valence-corrected chi connectivity index (χ0v) is 81.8. The standard InChI is InChI=1S/C32H27N5O2.C30H28N6O3.C28H27N5O3.C28H24N4O2/c1-22(38)35-28-16-14-26(15-17-28)30-18-19-33-32(37-30)36-29-9-5-8-27(20-29)31(39)34-21-23-10-12-25(13-11-23)24-6-3-2-4-7-24;1-21(37)32-25-12-10-22(11-13-25)27-14-15-31-30(34-27)33-26-9-5-8-24(20-26)29(39)36-18-16-35(17-19-36)28(38)23-6-3-2-4-7-23;1-19(34)31-23-12-10-20(11-13-23)25-15-17-30-28(33-25)32-24-8-5-7-22(18-24)27(35)29-16-14-21-6-3-4-9-26(21)36-2;1-18(33)30-24-11-9-19(10-12-24)26-13-14-29-28(32-26)31-25-8-4-7-22(17-25)27(34)23-15-20-5-2-3-6-21(20)16-23/h2-20H,21H2,1H3,(H,34,39)(H,35,38)(H,33,36,37);2-15,20H,16-19H2,1H3,(H,32,37)(H,31,33,34);3-13,15,17-18H,14,16H2,1-2H3,(H,29,35)(H,31,34)(H,30,32,33);2-14,17,23H,15-16H2,1H3,(H,30,33)(H,29,31,32). The second-order valence-electron chi connectivity index (χ2n) is 34.7. The number of para-hydroxylation sites is 1. The van der Waals surface area contributed by atoms with Crippen LogP contribution in [0.15, 0.2) is 377 Å². The quantitative estimate of drug-likeness (QED) is 0.0195. The van der Waals surface area contributed by atoms with E-state index in [9.17, 15) is 43.2 Å². The number of piperazine rings is 1. The van der Waals surface area contributed by atoms with Gasteiger partial charge in [0, 0.05) is 193 Å². The molecule has 10 N–H and O–H groups in total. The molecule has 8 amide bonds. The molecule has 4 aromatic heterocycles. The molecule has 0 bridgehead atoms. The number of ether oxygens (including phenoxy) is 1. The molecule has 30 nitrogen and oxygen atoms in total. The molecule has 738 valence electrons. The molecule has 0 radical (unpaired) electrons. The number of rotatable bonds is 29. The minimum atomic E-state index is -0.167. The molecule has 17 aromatic rings. The van der Waals surface area contributed by atoms with Crippen molar-refractivity contribution in [2.24, 2.45) is 5.92 Å². The molecule has 30 heteroatoms. The zero-order chi connectivity index (χ0) is 103. The molecule has 1 saturated heterocycles. The normalized spacial score (nSPS) is 11.7. The Bertz CT molecular complexity index is 7550. The van der Waals surface area contributed by atoms with Crippen LogP contribution in [0.4, 0.5) is 69.3 Å². The highest BCUT2D eigenvalue weighted by molar-refractivity contribution is 6.01. The molecule has 0 saturated carbocycles. The van der Waals surface area contributed by atoms with Gasteiger partial charge in [0.25, 0.3) is 23.6 Å². The van der Waals surface area contributed by atoms with E-state index < -0.39 is 0 Å². The van der Waals surface area contributed by atoms with Crippen molar-refractivity contribution >= 4 is 122 Å². The number of Topliss-reactive ketones (excluding diaryl/α,β-unsaturated/α-hetero) is 1. The van der Waals surface area contributed by atoms with Crippen molar-refractivity contribution in [1.29, 1.82) is 0 Å². The van der Waals surface area contributed by atoms with Crippen molar-refractivity contribution in [1.82, 2.24) is 60.3 Å². The van der Waals surface area contributed by atoms with Crippen LogP contribution in [-0.2, 0) is 45.0 Å². The summed E-state index contributed by atoms with van der Waals surface area (Å²) in [6, 6.07) is 110. The molecule has 5 heterocycles. The second kappa shape index (κ2) is 49.8. The van der Waals surface area contributed by atoms with Crippen molar-refractivity contribution in [3.8, 4) is 61.9 Å². The van der Waals surface area contributed by atoms with Crippen molar-refractivity contribution in [3.63, 3.8) is 0 Å². The maximum absolute atomic E-state index is 13.2. The van der Waals surface area contributed by atoms with Crippen LogP contribution in [0.1, 0.15) is 102 Å². The van der Waals surface area contributed by atoms with Crippen LogP contribution in [0.3, 0.4) is 0 Å². The summed E-state index contributed by atoms with van der Waals surface area (Å²) < 4.78 is 5.37. The Kier molecular flexibility index (Phi) is 34.2. The minimum absolute atomic E-state index is 0.0141. The number of carbonyl (C=O) groups excluding carboxylic acids is 9. The predicted molar refractivity (Wildman–Crippen MR) is 578 cm³/mol. The molecular weight excluding hydrogens is 1860 g/mol. The van der Waals surface area contributed by atoms with Gasteiger partial charge in [0.1, 0.15) is 5.75 Å². The molecule has 1 aliphatic carbocycles. The first-order valence-electron chi connectivity index (χ1n) is 48.0. The number of carbonyl (C=O) groups is 9. The number of benzene rings is 13. The lowest BCUT2D eigenvalue weighted by Crippen LogP contribution is -2.50. The van der Waals surface area contributed by atoms with Crippen LogP contribution in [0.25, 0.3) is 56.2 Å². The van der Waals surface area contributed by atoms with E-state index in [0.717, 1.165) is 109 Å². The topological polar surface area (TPSA) is 393 Å². The summed E-state index contributed by atoms with van der Waals surface area (Å²) in [5, 5.41) is 29.7. The van der Waals surface area contributed by atoms with E-state index in [2.05, 4.69) is 129 Å². The predicted octanol–water partition coefficient (Wildman–Crippen LogP) is 21.2. The number of hydrogen-bond donors (Lipinski definition) is 10. The third-order valence-corrected chi connectivity index (χ3v) is 23.8. The van der Waals surface area contributed by atoms with Gasteiger partial charge in [0.2, 0.25) is 47.4 Å². The summed E-state index contributed by atoms with van der Waals surface area (Å²) in [7, 11) is 1.64. The van der Waals surface area contributed by atoms with Crippen molar-refractivity contribution in [3.05, 3.63) is 427 Å². The highest BCUT2D eigenvalue weighted by Gasteiger charge is 2.30. The molecule has 148 heavy (non-hydrogen) atoms. The number of nitrogens with zero attached hydrogens (tertiary/aromatic N) is 10. The van der Waals surface area contributed by atoms with Crippen LogP contribution in [-0.4, -0.2) is 143 Å². The zero-order valence-electron chi connectivity index (χ0n) is 81.8. The van der Waals surface area contributed by atoms with Gasteiger partial charge in [-0.3, -0.25) is 43.2 Å². The number of amides is 8. The summed E-state index contributed by atoms with van der Waals surface area (Å²) in [6.45, 7) is 8.73. The number of methoxy groups -OCH3 is 1. The SMILES string of the molecule is CC(=O)Nc1ccc(-c2ccnc(Nc3cccc(C(=O)C4Cc5ccccc5C4)c3)n2)cc1.CC(=O)Nc1ccc(-c2ccnc(Nc3cccc(C(=O)N4CCN(C(=O)c5ccccc5)CC4)c3)n2)cc1.CC(=O)Nc1ccc(-c2ccnc(Nc3cccc(C(=O)NCc4ccc(-c5ccccc5)cc4)c3)n2)cc1.COc1ccccc1CCNC(=O)c1cccc(Nc2nccc(-c3ccc(NC(C)=O)cc3)n2)c1. The van der Waals surface area contributed by atoms with Gasteiger partial charge in [-0.25, -0.2) is 39.9 Å². The number of fused-ring (bicyclic) bond motifs is 1. The molecule has 13 aromatic carbocycles. The van der Waals surface area contributed by atoms with E-state index in [1.54, 1.807) is 84.2 Å². The van der Waals surface area contributed by atoms with Gasteiger partial charge in [-0.15, -0.1) is 0 Å². The minimum Gasteiger partial charge on any atom is -0.496 e. The van der Waals surface area contributed by atoms with Crippen LogP contribution in [0.2, 0.25) is 0 Å². The monoisotopic (exact) mass is 1960 g/mol. The Morgan fingerprint density at radius 2 is 0.622 bits per heavy atom. The van der Waals surface area contributed by atoms with E-state index in [0.29, 0.717) is 120 Å². The van der Waals surface area contributed by atoms with Crippen LogP contribution in [0, 0.1) is 5.92 Å². The van der Waals surface area contributed by atoms with Crippen molar-refractivity contribution in [2.45, 2.75) is 53.5 Å². The fourth-order valence-electron chi connectivity index (χ4n) is 16.6. The average Bonchev–Trinajstić information content (AvgIpc) is 1.13. The number of ketones is 1. The van der Waals surface area contributed by atoms with Gasteiger partial charge < -0.3 is 67.7 Å². The van der Waals surface area contributed by atoms with Crippen molar-refractivity contribution < 1.29 is 47.9 Å². The Balaban J connectivity index is 0.000000141. The largest absolute Gasteiger partial charge is 0.496 e. The molecule has 0 spiro atoms. The molecule has 0 atom stereocenters. The first kappa shape index (κ1) is 102. The number of nitrogens with one attached hydrogen (secondary N) is 10. The van der Waals surface area contributed by atoms with E-state index >= 15 is 0 Å². The maximum atomic E-state index is 13.2. The lowest BCUT2D eigenvalue weighted by Gasteiger charge is -2.35. The molecule has 0 unspecified atom stereocenters. The third-order valence-electron chi connectivity index (χ3n) is 23.8. The van der Waals surface area contributed by atoms with E-state index in [1.807, 2.05) is 273 Å². The lowest BCUT2D eigenvalue weighted by atomic mass is 9.95. The number of aromatic nitrogens is 8. The van der Waals surface area contributed by atoms with E-state index in [-0.39, 0.29) is 59.0 Å².